The van der Waals surface area contributed by atoms with Gasteiger partial charge in [-0.15, -0.1) is 0 Å². The molecule has 1 rings (SSSR count). The summed E-state index contributed by atoms with van der Waals surface area (Å²) in [4.78, 5) is 35.4. The number of carboxylic acid groups (broad SMARTS) is 1. The minimum atomic E-state index is -0.948. The van der Waals surface area contributed by atoms with Crippen molar-refractivity contribution < 1.29 is 24.2 Å². The van der Waals surface area contributed by atoms with Gasteiger partial charge in [-0.2, -0.15) is 0 Å². The second-order valence-electron chi connectivity index (χ2n) is 4.71. The summed E-state index contributed by atoms with van der Waals surface area (Å²) >= 11 is 0. The molecule has 7 heteroatoms. The number of aliphatic carboxylic acids is 1. The lowest BCUT2D eigenvalue weighted by Gasteiger charge is -2.19. The summed E-state index contributed by atoms with van der Waals surface area (Å²) < 4.78 is 5.22. The molecule has 0 aromatic carbocycles. The van der Waals surface area contributed by atoms with Crippen LogP contribution in [0, 0.1) is 5.92 Å². The average Bonchev–Trinajstić information content (AvgIpc) is 2.55. The van der Waals surface area contributed by atoms with Gasteiger partial charge >= 0.3 is 12.0 Å². The maximum Gasteiger partial charge on any atom is 0.324 e. The molecule has 1 fully saturated rings. The van der Waals surface area contributed by atoms with Gasteiger partial charge in [0.25, 0.3) is 0 Å². The van der Waals surface area contributed by atoms with Crippen LogP contribution < -0.4 is 5.32 Å². The predicted molar refractivity (Wildman–Crippen MR) is 66.6 cm³/mol. The van der Waals surface area contributed by atoms with Crippen LogP contribution in [0.2, 0.25) is 0 Å². The quantitative estimate of drug-likeness (QED) is 0.774. The lowest BCUT2D eigenvalue weighted by molar-refractivity contribution is -0.138. The summed E-state index contributed by atoms with van der Waals surface area (Å²) in [6.45, 7) is 3.77. The molecule has 0 radical (unpaired) electrons. The summed E-state index contributed by atoms with van der Waals surface area (Å²) in [6, 6.07) is -0.432. The highest BCUT2D eigenvalue weighted by Gasteiger charge is 2.19. The number of hydrogen-bond donors (Lipinski definition) is 2. The normalized spacial score (nSPS) is 17.4. The third-order valence-corrected chi connectivity index (χ3v) is 2.81. The van der Waals surface area contributed by atoms with Crippen LogP contribution >= 0.6 is 0 Å². The maximum atomic E-state index is 11.8. The van der Waals surface area contributed by atoms with Gasteiger partial charge in [-0.25, -0.2) is 4.79 Å². The Hall–Kier alpha value is -1.63. The second-order valence-corrected chi connectivity index (χ2v) is 4.71. The molecular formula is C12H20N2O5. The molecule has 3 amide bonds. The SMILES string of the molecule is CC(CC(=O)O)CC(=O)NC(=O)N1CCCOCC1. The number of amides is 3. The van der Waals surface area contributed by atoms with Gasteiger partial charge < -0.3 is 14.7 Å². The molecule has 0 aromatic rings. The van der Waals surface area contributed by atoms with E-state index in [0.717, 1.165) is 6.42 Å². The van der Waals surface area contributed by atoms with Crippen molar-refractivity contribution in [2.75, 3.05) is 26.3 Å². The van der Waals surface area contributed by atoms with E-state index < -0.39 is 17.9 Å². The van der Waals surface area contributed by atoms with Crippen LogP contribution in [0.4, 0.5) is 4.79 Å². The van der Waals surface area contributed by atoms with Crippen molar-refractivity contribution in [3.63, 3.8) is 0 Å². The van der Waals surface area contributed by atoms with Gasteiger partial charge in [-0.1, -0.05) is 6.92 Å². The Morgan fingerprint density at radius 2 is 2.00 bits per heavy atom. The van der Waals surface area contributed by atoms with Crippen molar-refractivity contribution in [3.05, 3.63) is 0 Å². The van der Waals surface area contributed by atoms with E-state index in [1.807, 2.05) is 0 Å². The van der Waals surface area contributed by atoms with E-state index in [1.54, 1.807) is 6.92 Å². The smallest absolute Gasteiger partial charge is 0.324 e. The molecule has 1 unspecified atom stereocenters. The first kappa shape index (κ1) is 15.4. The molecule has 0 aromatic heterocycles. The number of nitrogens with one attached hydrogen (secondary N) is 1. The van der Waals surface area contributed by atoms with E-state index in [4.69, 9.17) is 9.84 Å². The Kier molecular flexibility index (Phi) is 6.27. The Labute approximate surface area is 111 Å². The molecule has 0 bridgehead atoms. The molecule has 1 heterocycles. The third-order valence-electron chi connectivity index (χ3n) is 2.81. The van der Waals surface area contributed by atoms with E-state index in [2.05, 4.69) is 5.32 Å². The fraction of sp³-hybridized carbons (Fsp3) is 0.750. The number of carboxylic acids is 1. The number of ether oxygens (including phenoxy) is 1. The van der Waals surface area contributed by atoms with Gasteiger partial charge in [0.05, 0.1) is 6.61 Å². The molecule has 0 aliphatic carbocycles. The number of imide groups is 1. The molecule has 0 spiro atoms. The lowest BCUT2D eigenvalue weighted by Crippen LogP contribution is -2.44. The fourth-order valence-corrected chi connectivity index (χ4v) is 1.89. The summed E-state index contributed by atoms with van der Waals surface area (Å²) in [6.07, 6.45) is 0.693. The first-order chi connectivity index (χ1) is 8.99. The van der Waals surface area contributed by atoms with Crippen molar-refractivity contribution in [2.45, 2.75) is 26.2 Å². The molecular weight excluding hydrogens is 252 g/mol. The first-order valence-corrected chi connectivity index (χ1v) is 6.37. The highest BCUT2D eigenvalue weighted by atomic mass is 16.5. The minimum Gasteiger partial charge on any atom is -0.481 e. The van der Waals surface area contributed by atoms with Crippen LogP contribution in [0.5, 0.6) is 0 Å². The minimum absolute atomic E-state index is 0.0301. The molecule has 1 aliphatic heterocycles. The first-order valence-electron chi connectivity index (χ1n) is 6.37. The topological polar surface area (TPSA) is 95.9 Å². The number of carbonyl (C=O) groups excluding carboxylic acids is 2. The van der Waals surface area contributed by atoms with Crippen LogP contribution in [0.3, 0.4) is 0 Å². The zero-order chi connectivity index (χ0) is 14.3. The number of rotatable bonds is 4. The summed E-state index contributed by atoms with van der Waals surface area (Å²) in [5, 5.41) is 10.9. The van der Waals surface area contributed by atoms with Gasteiger partial charge in [0, 0.05) is 32.5 Å². The highest BCUT2D eigenvalue weighted by Crippen LogP contribution is 2.07. The second kappa shape index (κ2) is 7.73. The van der Waals surface area contributed by atoms with Gasteiger partial charge in [-0.05, 0) is 12.3 Å². The molecule has 1 aliphatic rings. The summed E-state index contributed by atoms with van der Waals surface area (Å²) in [7, 11) is 0. The Morgan fingerprint density at radius 3 is 2.68 bits per heavy atom. The van der Waals surface area contributed by atoms with E-state index in [-0.39, 0.29) is 18.8 Å². The van der Waals surface area contributed by atoms with E-state index in [1.165, 1.54) is 4.90 Å². The van der Waals surface area contributed by atoms with Crippen molar-refractivity contribution in [1.82, 2.24) is 10.2 Å². The highest BCUT2D eigenvalue weighted by molar-refractivity contribution is 5.94. The Morgan fingerprint density at radius 1 is 1.26 bits per heavy atom. The third kappa shape index (κ3) is 6.19. The zero-order valence-electron chi connectivity index (χ0n) is 11.1. The van der Waals surface area contributed by atoms with Gasteiger partial charge in [0.1, 0.15) is 0 Å². The van der Waals surface area contributed by atoms with Gasteiger partial charge in [0.15, 0.2) is 0 Å². The van der Waals surface area contributed by atoms with E-state index in [0.29, 0.717) is 26.3 Å². The van der Waals surface area contributed by atoms with Crippen LogP contribution in [0.15, 0.2) is 0 Å². The molecule has 7 nitrogen and oxygen atoms in total. The van der Waals surface area contributed by atoms with Gasteiger partial charge in [0.2, 0.25) is 5.91 Å². The fourth-order valence-electron chi connectivity index (χ4n) is 1.89. The Bertz CT molecular complexity index is 337. The number of carbonyl (C=O) groups is 3. The predicted octanol–water partition coefficient (Wildman–Crippen LogP) is 0.446. The van der Waals surface area contributed by atoms with Crippen LogP contribution in [0.25, 0.3) is 0 Å². The number of hydrogen-bond acceptors (Lipinski definition) is 4. The summed E-state index contributed by atoms with van der Waals surface area (Å²) in [5.41, 5.74) is 0. The van der Waals surface area contributed by atoms with Crippen LogP contribution in [-0.4, -0.2) is 54.2 Å². The molecule has 2 N–H and O–H groups in total. The van der Waals surface area contributed by atoms with Crippen molar-refractivity contribution in [2.24, 2.45) is 5.92 Å². The summed E-state index contributed by atoms with van der Waals surface area (Å²) in [5.74, 6) is -1.68. The average molecular weight is 272 g/mol. The molecule has 1 atom stereocenters. The van der Waals surface area contributed by atoms with Crippen molar-refractivity contribution in [3.8, 4) is 0 Å². The lowest BCUT2D eigenvalue weighted by atomic mass is 10.0. The van der Waals surface area contributed by atoms with E-state index >= 15 is 0 Å². The maximum absolute atomic E-state index is 11.8. The largest absolute Gasteiger partial charge is 0.481 e. The number of nitrogens with zero attached hydrogens (tertiary/aromatic N) is 1. The zero-order valence-corrected chi connectivity index (χ0v) is 11.1. The van der Waals surface area contributed by atoms with Gasteiger partial charge in [-0.3, -0.25) is 14.9 Å². The Balaban J connectivity index is 2.34. The molecule has 0 saturated carbocycles. The number of urea groups is 1. The van der Waals surface area contributed by atoms with E-state index in [9.17, 15) is 14.4 Å². The molecule has 108 valence electrons. The standard InChI is InChI=1S/C12H20N2O5/c1-9(8-11(16)17)7-10(15)13-12(18)14-3-2-5-19-6-4-14/h9H,2-8H2,1H3,(H,16,17)(H,13,15,18). The van der Waals surface area contributed by atoms with Crippen LogP contribution in [0.1, 0.15) is 26.2 Å². The van der Waals surface area contributed by atoms with Crippen molar-refractivity contribution in [1.29, 1.82) is 0 Å². The molecule has 1 saturated heterocycles. The van der Waals surface area contributed by atoms with Crippen LogP contribution in [-0.2, 0) is 14.3 Å². The van der Waals surface area contributed by atoms with Crippen molar-refractivity contribution >= 4 is 17.9 Å². The monoisotopic (exact) mass is 272 g/mol. The molecule has 19 heavy (non-hydrogen) atoms.